The lowest BCUT2D eigenvalue weighted by molar-refractivity contribution is 0.0532. The monoisotopic (exact) mass is 536 g/mol. The van der Waals surface area contributed by atoms with Crippen LogP contribution in [0.3, 0.4) is 0 Å². The largest absolute Gasteiger partial charge is 0.377 e. The van der Waals surface area contributed by atoms with Crippen LogP contribution in [0.15, 0.2) is 23.2 Å². The van der Waals surface area contributed by atoms with Crippen molar-refractivity contribution in [2.24, 2.45) is 4.99 Å². The maximum atomic E-state index is 14.0. The van der Waals surface area contributed by atoms with E-state index in [1.54, 1.807) is 0 Å². The molecule has 8 heteroatoms. The Kier molecular flexibility index (Phi) is 10.2. The summed E-state index contributed by atoms with van der Waals surface area (Å²) in [4.78, 5) is 6.97. The fourth-order valence-electron chi connectivity index (χ4n) is 3.92. The molecule has 5 nitrogen and oxygen atoms in total. The van der Waals surface area contributed by atoms with Gasteiger partial charge >= 0.3 is 0 Å². The smallest absolute Gasteiger partial charge is 0.191 e. The van der Waals surface area contributed by atoms with E-state index in [2.05, 4.69) is 34.4 Å². The van der Waals surface area contributed by atoms with Crippen LogP contribution in [-0.2, 0) is 4.74 Å². The van der Waals surface area contributed by atoms with Gasteiger partial charge in [0, 0.05) is 49.7 Å². The van der Waals surface area contributed by atoms with E-state index in [4.69, 9.17) is 4.74 Å². The van der Waals surface area contributed by atoms with Crippen LogP contribution in [0.5, 0.6) is 0 Å². The Hall–Kier alpha value is -1.000. The van der Waals surface area contributed by atoms with E-state index in [0.29, 0.717) is 12.6 Å². The predicted molar refractivity (Wildman–Crippen MR) is 128 cm³/mol. The minimum absolute atomic E-state index is 0. The molecule has 2 unspecified atom stereocenters. The van der Waals surface area contributed by atoms with Gasteiger partial charge in [0.1, 0.15) is 11.6 Å². The number of ether oxygens (including phenoxy) is 1. The minimum Gasteiger partial charge on any atom is -0.377 e. The Bertz CT molecular complexity index is 675. The van der Waals surface area contributed by atoms with Crippen molar-refractivity contribution >= 4 is 29.9 Å². The molecular weight excluding hydrogens is 501 g/mol. The summed E-state index contributed by atoms with van der Waals surface area (Å²) in [7, 11) is 0. The number of halogens is 3. The highest BCUT2D eigenvalue weighted by Crippen LogP contribution is 2.43. The molecule has 2 N–H and O–H groups in total. The molecule has 1 aliphatic carbocycles. The van der Waals surface area contributed by atoms with Gasteiger partial charge < -0.3 is 20.3 Å². The van der Waals surface area contributed by atoms with E-state index in [1.807, 2.05) is 6.92 Å². The first kappa shape index (κ1) is 25.3. The fraction of sp³-hybridized carbons (Fsp3) is 0.682. The number of guanidine groups is 1. The van der Waals surface area contributed by atoms with Crippen LogP contribution < -0.4 is 10.6 Å². The highest BCUT2D eigenvalue weighted by atomic mass is 127. The molecule has 0 spiro atoms. The number of likely N-dealkylation sites (tertiary alicyclic amines) is 1. The molecule has 1 saturated carbocycles. The summed E-state index contributed by atoms with van der Waals surface area (Å²) in [5.41, 5.74) is 0.192. The summed E-state index contributed by atoms with van der Waals surface area (Å²) in [6, 6.07) is 4.44. The Morgan fingerprint density at radius 3 is 2.47 bits per heavy atom. The summed E-state index contributed by atoms with van der Waals surface area (Å²) in [6.45, 7) is 10.6. The van der Waals surface area contributed by atoms with Gasteiger partial charge in [-0.1, -0.05) is 6.07 Å². The van der Waals surface area contributed by atoms with Crippen molar-refractivity contribution in [2.45, 2.75) is 64.1 Å². The first-order valence-corrected chi connectivity index (χ1v) is 10.8. The average Bonchev–Trinajstić information content (AvgIpc) is 3.41. The Morgan fingerprint density at radius 2 is 1.87 bits per heavy atom. The van der Waals surface area contributed by atoms with Gasteiger partial charge in [-0.3, -0.25) is 4.99 Å². The third-order valence-electron chi connectivity index (χ3n) is 5.59. The topological polar surface area (TPSA) is 48.9 Å². The third kappa shape index (κ3) is 7.30. The molecule has 0 bridgehead atoms. The number of nitrogens with zero attached hydrogens (tertiary/aromatic N) is 2. The zero-order valence-corrected chi connectivity index (χ0v) is 20.5. The summed E-state index contributed by atoms with van der Waals surface area (Å²) in [5.74, 6) is -0.314. The lowest BCUT2D eigenvalue weighted by atomic mass is 10.1. The van der Waals surface area contributed by atoms with Crippen LogP contribution in [0.1, 0.15) is 51.5 Å². The van der Waals surface area contributed by atoms with Crippen LogP contribution in [-0.4, -0.2) is 61.8 Å². The van der Waals surface area contributed by atoms with Gasteiger partial charge in [0.15, 0.2) is 5.96 Å². The molecule has 2 atom stereocenters. The van der Waals surface area contributed by atoms with Crippen molar-refractivity contribution in [3.8, 4) is 0 Å². The maximum Gasteiger partial charge on any atom is 0.191 e. The normalized spacial score (nSPS) is 22.7. The van der Waals surface area contributed by atoms with E-state index >= 15 is 0 Å². The average molecular weight is 536 g/mol. The number of piperidine rings is 1. The standard InChI is InChI=1S/C22H34F2N4O.HI/c1-4-25-22(26-16-8-10-28(11-9-16)12-13-29-15(2)3)27-20-14-17(20)21-18(23)6-5-7-19(21)24;/h5-7,15-17,20H,4,8-14H2,1-3H3,(H2,25,26,27);1H. The van der Waals surface area contributed by atoms with Crippen LogP contribution in [0.25, 0.3) is 0 Å². The third-order valence-corrected chi connectivity index (χ3v) is 5.59. The fourth-order valence-corrected chi connectivity index (χ4v) is 3.92. The maximum absolute atomic E-state index is 14.0. The SMILES string of the molecule is CCN=C(NC1CCN(CCOC(C)C)CC1)NC1CC1c1c(F)cccc1F.I. The number of benzene rings is 1. The first-order chi connectivity index (χ1) is 14.0. The molecule has 0 radical (unpaired) electrons. The second-order valence-corrected chi connectivity index (χ2v) is 8.23. The number of rotatable bonds is 8. The Morgan fingerprint density at radius 1 is 1.20 bits per heavy atom. The second kappa shape index (κ2) is 12.1. The van der Waals surface area contributed by atoms with Gasteiger partial charge in [0.25, 0.3) is 0 Å². The molecule has 1 aliphatic heterocycles. The van der Waals surface area contributed by atoms with E-state index in [1.165, 1.54) is 18.2 Å². The van der Waals surface area contributed by atoms with Crippen molar-refractivity contribution in [2.75, 3.05) is 32.8 Å². The van der Waals surface area contributed by atoms with Crippen molar-refractivity contribution < 1.29 is 13.5 Å². The molecule has 30 heavy (non-hydrogen) atoms. The van der Waals surface area contributed by atoms with Gasteiger partial charge in [-0.05, 0) is 52.2 Å². The van der Waals surface area contributed by atoms with Crippen LogP contribution in [0.2, 0.25) is 0 Å². The molecule has 1 aromatic rings. The van der Waals surface area contributed by atoms with Crippen molar-refractivity contribution in [1.82, 2.24) is 15.5 Å². The summed E-state index contributed by atoms with van der Waals surface area (Å²) < 4.78 is 33.7. The quantitative estimate of drug-likeness (QED) is 0.301. The lowest BCUT2D eigenvalue weighted by Crippen LogP contribution is -2.49. The zero-order chi connectivity index (χ0) is 20.8. The van der Waals surface area contributed by atoms with Gasteiger partial charge in [-0.2, -0.15) is 0 Å². The zero-order valence-electron chi connectivity index (χ0n) is 18.2. The van der Waals surface area contributed by atoms with Crippen LogP contribution in [0, 0.1) is 11.6 Å². The predicted octanol–water partition coefficient (Wildman–Crippen LogP) is 3.88. The van der Waals surface area contributed by atoms with E-state index in [9.17, 15) is 8.78 Å². The van der Waals surface area contributed by atoms with E-state index in [0.717, 1.165) is 51.5 Å². The van der Waals surface area contributed by atoms with Crippen LogP contribution in [0.4, 0.5) is 8.78 Å². The molecule has 170 valence electrons. The van der Waals surface area contributed by atoms with Gasteiger partial charge in [0.05, 0.1) is 12.7 Å². The highest BCUT2D eigenvalue weighted by Gasteiger charge is 2.42. The molecule has 1 aromatic carbocycles. The molecule has 0 aromatic heterocycles. The number of hydrogen-bond donors (Lipinski definition) is 2. The summed E-state index contributed by atoms with van der Waals surface area (Å²) in [6.07, 6.45) is 3.08. The van der Waals surface area contributed by atoms with Gasteiger partial charge in [0.2, 0.25) is 0 Å². The molecule has 0 amide bonds. The Balaban J connectivity index is 0.00000320. The first-order valence-electron chi connectivity index (χ1n) is 10.8. The highest BCUT2D eigenvalue weighted by molar-refractivity contribution is 14.0. The summed E-state index contributed by atoms with van der Waals surface area (Å²) >= 11 is 0. The molecule has 2 aliphatic rings. The molecule has 3 rings (SSSR count). The minimum atomic E-state index is -0.463. The van der Waals surface area contributed by atoms with Crippen molar-refractivity contribution in [3.63, 3.8) is 0 Å². The number of hydrogen-bond acceptors (Lipinski definition) is 3. The lowest BCUT2D eigenvalue weighted by Gasteiger charge is -2.33. The molecular formula is C22H35F2IN4O. The summed E-state index contributed by atoms with van der Waals surface area (Å²) in [5, 5.41) is 6.89. The van der Waals surface area contributed by atoms with Gasteiger partial charge in [-0.25, -0.2) is 8.78 Å². The number of nitrogens with one attached hydrogen (secondary N) is 2. The van der Waals surface area contributed by atoms with E-state index < -0.39 is 11.6 Å². The number of aliphatic imine (C=N–C) groups is 1. The van der Waals surface area contributed by atoms with Crippen molar-refractivity contribution in [3.05, 3.63) is 35.4 Å². The molecule has 1 heterocycles. The second-order valence-electron chi connectivity index (χ2n) is 8.23. The van der Waals surface area contributed by atoms with Crippen LogP contribution >= 0.6 is 24.0 Å². The van der Waals surface area contributed by atoms with Gasteiger partial charge in [-0.15, -0.1) is 24.0 Å². The van der Waals surface area contributed by atoms with Crippen molar-refractivity contribution in [1.29, 1.82) is 0 Å². The molecule has 1 saturated heterocycles. The van der Waals surface area contributed by atoms with E-state index in [-0.39, 0.29) is 47.6 Å². The molecule has 2 fully saturated rings. The Labute approximate surface area is 196 Å².